The molecule has 1 aliphatic carbocycles. The first-order valence-corrected chi connectivity index (χ1v) is 16.9. The Morgan fingerprint density at radius 1 is 1.12 bits per heavy atom. The average molecular weight is 589 g/mol. The molecule has 0 amide bonds. The molecular formula is C31H36N6O4S. The van der Waals surface area contributed by atoms with E-state index in [1.807, 2.05) is 25.4 Å². The van der Waals surface area contributed by atoms with Gasteiger partial charge in [0.05, 0.1) is 54.3 Å². The Bertz CT molecular complexity index is 1640. The van der Waals surface area contributed by atoms with Gasteiger partial charge in [0.2, 0.25) is 0 Å². The first-order chi connectivity index (χ1) is 20.4. The van der Waals surface area contributed by atoms with E-state index in [0.29, 0.717) is 53.8 Å². The van der Waals surface area contributed by atoms with Crippen molar-refractivity contribution in [2.45, 2.75) is 56.0 Å². The van der Waals surface area contributed by atoms with Gasteiger partial charge in [-0.25, -0.2) is 17.9 Å². The molecule has 0 radical (unpaired) electrons. The van der Waals surface area contributed by atoms with Gasteiger partial charge in [-0.3, -0.25) is 4.90 Å². The molecule has 10 nitrogen and oxygen atoms in total. The number of hydrogen-bond donors (Lipinski definition) is 0. The molecule has 11 heteroatoms. The molecule has 8 heterocycles. The second kappa shape index (κ2) is 9.93. The van der Waals surface area contributed by atoms with Gasteiger partial charge >= 0.3 is 0 Å². The summed E-state index contributed by atoms with van der Waals surface area (Å²) in [5, 5.41) is 13.9. The van der Waals surface area contributed by atoms with E-state index in [-0.39, 0.29) is 5.25 Å². The van der Waals surface area contributed by atoms with Crippen LogP contribution in [0.5, 0.6) is 5.75 Å². The summed E-state index contributed by atoms with van der Waals surface area (Å²) in [5.41, 5.74) is 3.08. The van der Waals surface area contributed by atoms with Gasteiger partial charge in [0, 0.05) is 48.5 Å². The van der Waals surface area contributed by atoms with E-state index in [4.69, 9.17) is 14.5 Å². The minimum atomic E-state index is -2.92. The van der Waals surface area contributed by atoms with Crippen molar-refractivity contribution in [1.82, 2.24) is 19.5 Å². The van der Waals surface area contributed by atoms with Crippen molar-refractivity contribution in [3.8, 4) is 22.9 Å². The number of piperazine rings is 1. The lowest BCUT2D eigenvalue weighted by Crippen LogP contribution is -2.71. The van der Waals surface area contributed by atoms with E-state index in [2.05, 4.69) is 33.1 Å². The minimum Gasteiger partial charge on any atom is -0.492 e. The number of aromatic nitrogens is 3. The third kappa shape index (κ3) is 4.38. The zero-order valence-corrected chi connectivity index (χ0v) is 24.6. The predicted molar refractivity (Wildman–Crippen MR) is 157 cm³/mol. The van der Waals surface area contributed by atoms with Crippen LogP contribution >= 0.6 is 0 Å². The van der Waals surface area contributed by atoms with Gasteiger partial charge in [0.1, 0.15) is 17.6 Å². The third-order valence-corrected chi connectivity index (χ3v) is 12.8. The second-order valence-corrected chi connectivity index (χ2v) is 15.4. The number of pyridine rings is 2. The van der Waals surface area contributed by atoms with Crippen LogP contribution in [0.2, 0.25) is 0 Å². The van der Waals surface area contributed by atoms with Gasteiger partial charge < -0.3 is 14.4 Å². The summed E-state index contributed by atoms with van der Waals surface area (Å²) < 4.78 is 37.9. The maximum atomic E-state index is 12.2. The third-order valence-electron chi connectivity index (χ3n) is 10.6. The van der Waals surface area contributed by atoms with Crippen LogP contribution in [-0.2, 0) is 14.6 Å². The van der Waals surface area contributed by atoms with Crippen LogP contribution in [0.15, 0.2) is 36.8 Å². The molecular weight excluding hydrogens is 552 g/mol. The molecule has 42 heavy (non-hydrogen) atoms. The van der Waals surface area contributed by atoms with Crippen LogP contribution in [0.25, 0.3) is 16.6 Å². The highest BCUT2D eigenvalue weighted by molar-refractivity contribution is 7.92. The predicted octanol–water partition coefficient (Wildman–Crippen LogP) is 3.16. The average Bonchev–Trinajstić information content (AvgIpc) is 3.30. The largest absolute Gasteiger partial charge is 0.492 e. The first kappa shape index (κ1) is 26.4. The fourth-order valence-electron chi connectivity index (χ4n) is 8.07. The molecule has 6 aliphatic rings. The summed E-state index contributed by atoms with van der Waals surface area (Å²) in [5.74, 6) is 4.14. The lowest BCUT2D eigenvalue weighted by Gasteiger charge is -2.58. The van der Waals surface area contributed by atoms with Crippen molar-refractivity contribution in [3.05, 3.63) is 42.4 Å². The number of sulfone groups is 1. The number of piperidine rings is 1. The van der Waals surface area contributed by atoms with E-state index in [0.717, 1.165) is 80.2 Å². The van der Waals surface area contributed by atoms with Gasteiger partial charge in [-0.1, -0.05) is 0 Å². The van der Waals surface area contributed by atoms with Crippen molar-refractivity contribution in [2.24, 2.45) is 17.8 Å². The number of rotatable bonds is 7. The molecule has 6 fully saturated rings. The SMILES string of the molecule is CC1CC(N2CC3CC(C2)N3c2ccc(-c3cc(OCCC4C5COCC45)cn4ncc(C#N)c34)cn2)CCS1(=O)=O. The topological polar surface area (TPSA) is 113 Å². The fraction of sp³-hybridized carbons (Fsp3) is 0.581. The molecule has 5 saturated heterocycles. The number of hydrogen-bond acceptors (Lipinski definition) is 9. The van der Waals surface area contributed by atoms with Gasteiger partial charge in [-0.05, 0) is 68.6 Å². The molecule has 1 saturated carbocycles. The molecule has 9 rings (SSSR count). The standard InChI is InChI=1S/C31H36N6O4S/c1-19-8-22(5-7-42(19,38)39)35-14-23-9-24(15-35)37(23)30-3-2-20(12-33-30)27-10-25(16-36-31(27)21(11-32)13-34-36)41-6-4-26-28-17-40-18-29(26)28/h2-3,10,12-13,16,19,22-24,26,28-29H,4-9,14-15,17-18H2,1H3. The van der Waals surface area contributed by atoms with Gasteiger partial charge in [0.25, 0.3) is 0 Å². The second-order valence-electron chi connectivity index (χ2n) is 12.9. The van der Waals surface area contributed by atoms with Crippen LogP contribution in [0.4, 0.5) is 5.82 Å². The number of ether oxygens (including phenoxy) is 2. The Morgan fingerprint density at radius 3 is 2.64 bits per heavy atom. The molecule has 0 aromatic carbocycles. The summed E-state index contributed by atoms with van der Waals surface area (Å²) in [6, 6.07) is 9.61. The van der Waals surface area contributed by atoms with Crippen molar-refractivity contribution in [1.29, 1.82) is 5.26 Å². The van der Waals surface area contributed by atoms with Crippen molar-refractivity contribution in [3.63, 3.8) is 0 Å². The van der Waals surface area contributed by atoms with Gasteiger partial charge in [-0.2, -0.15) is 10.4 Å². The van der Waals surface area contributed by atoms with Crippen molar-refractivity contribution >= 4 is 21.2 Å². The quantitative estimate of drug-likeness (QED) is 0.411. The fourth-order valence-corrected chi connectivity index (χ4v) is 9.59. The Kier molecular flexibility index (Phi) is 6.25. The summed E-state index contributed by atoms with van der Waals surface area (Å²) in [7, 11) is -2.92. The molecule has 0 N–H and O–H groups in total. The Balaban J connectivity index is 0.978. The van der Waals surface area contributed by atoms with Crippen LogP contribution in [0.3, 0.4) is 0 Å². The number of nitriles is 1. The highest BCUT2D eigenvalue weighted by Crippen LogP contribution is 2.52. The lowest BCUT2D eigenvalue weighted by atomic mass is 9.85. The molecule has 2 bridgehead atoms. The zero-order chi connectivity index (χ0) is 28.6. The zero-order valence-electron chi connectivity index (χ0n) is 23.8. The summed E-state index contributed by atoms with van der Waals surface area (Å²) in [6.45, 7) is 6.19. The van der Waals surface area contributed by atoms with E-state index < -0.39 is 9.84 Å². The number of nitrogens with zero attached hydrogens (tertiary/aromatic N) is 6. The van der Waals surface area contributed by atoms with Crippen molar-refractivity contribution in [2.75, 3.05) is 43.6 Å². The summed E-state index contributed by atoms with van der Waals surface area (Å²) in [4.78, 5) is 9.84. The Morgan fingerprint density at radius 2 is 1.93 bits per heavy atom. The minimum absolute atomic E-state index is 0.250. The highest BCUT2D eigenvalue weighted by Gasteiger charge is 2.53. The molecule has 6 atom stereocenters. The molecule has 3 aromatic rings. The number of fused-ring (bicyclic) bond motifs is 4. The van der Waals surface area contributed by atoms with Crippen LogP contribution in [-0.4, -0.2) is 90.0 Å². The molecule has 3 aromatic heterocycles. The van der Waals surface area contributed by atoms with E-state index in [9.17, 15) is 13.7 Å². The van der Waals surface area contributed by atoms with E-state index in [1.165, 1.54) is 0 Å². The first-order valence-electron chi connectivity index (χ1n) is 15.2. The summed E-state index contributed by atoms with van der Waals surface area (Å²) >= 11 is 0. The molecule has 220 valence electrons. The van der Waals surface area contributed by atoms with Crippen LogP contribution < -0.4 is 9.64 Å². The molecule has 0 spiro atoms. The smallest absolute Gasteiger partial charge is 0.153 e. The van der Waals surface area contributed by atoms with Crippen LogP contribution in [0.1, 0.15) is 38.2 Å². The number of anilines is 1. The van der Waals surface area contributed by atoms with E-state index in [1.54, 1.807) is 10.7 Å². The normalized spacial score (nSPS) is 33.1. The Labute approximate surface area is 246 Å². The van der Waals surface area contributed by atoms with E-state index >= 15 is 0 Å². The lowest BCUT2D eigenvalue weighted by molar-refractivity contribution is 0.0678. The monoisotopic (exact) mass is 588 g/mol. The van der Waals surface area contributed by atoms with Gasteiger partial charge in [-0.15, -0.1) is 0 Å². The maximum absolute atomic E-state index is 12.2. The molecule has 5 aliphatic heterocycles. The van der Waals surface area contributed by atoms with Crippen LogP contribution in [0, 0.1) is 29.1 Å². The van der Waals surface area contributed by atoms with Gasteiger partial charge in [0.15, 0.2) is 9.84 Å². The van der Waals surface area contributed by atoms with Crippen molar-refractivity contribution < 1.29 is 17.9 Å². The highest BCUT2D eigenvalue weighted by atomic mass is 32.2. The Hall–Kier alpha value is -3.20. The maximum Gasteiger partial charge on any atom is 0.153 e. The summed E-state index contributed by atoms with van der Waals surface area (Å²) in [6.07, 6.45) is 9.01. The molecule has 6 unspecified atom stereocenters.